The molecule has 1 fully saturated rings. The van der Waals surface area contributed by atoms with Gasteiger partial charge in [0.1, 0.15) is 12.1 Å². The van der Waals surface area contributed by atoms with Gasteiger partial charge in [-0.15, -0.1) is 5.53 Å². The Bertz CT molecular complexity index is 1750. The highest BCUT2D eigenvalue weighted by molar-refractivity contribution is 7.92. The maximum absolute atomic E-state index is 12.3. The van der Waals surface area contributed by atoms with E-state index < -0.39 is 16.1 Å². The molecular weight excluding hydrogens is 550 g/mol. The van der Waals surface area contributed by atoms with Crippen LogP contribution in [-0.2, 0) is 10.0 Å². The zero-order valence-corrected chi connectivity index (χ0v) is 25.2. The number of hydrazine groups is 2. The van der Waals surface area contributed by atoms with Crippen molar-refractivity contribution in [2.24, 2.45) is 5.41 Å². The van der Waals surface area contributed by atoms with Crippen LogP contribution >= 0.6 is 0 Å². The van der Waals surface area contributed by atoms with Gasteiger partial charge in [-0.1, -0.05) is 32.9 Å². The lowest BCUT2D eigenvalue weighted by molar-refractivity contribution is 0.260. The predicted octanol–water partition coefficient (Wildman–Crippen LogP) is 4.31. The van der Waals surface area contributed by atoms with Gasteiger partial charge in [0, 0.05) is 43.1 Å². The Kier molecular flexibility index (Phi) is 7.62. The van der Waals surface area contributed by atoms with E-state index in [4.69, 9.17) is 0 Å². The van der Waals surface area contributed by atoms with Crippen molar-refractivity contribution in [3.63, 3.8) is 0 Å². The monoisotopic (exact) mass is 585 g/mol. The summed E-state index contributed by atoms with van der Waals surface area (Å²) in [5, 5.41) is 29.6. The molecule has 1 atom stereocenters. The minimum atomic E-state index is -3.46. The summed E-state index contributed by atoms with van der Waals surface area (Å²) >= 11 is 0. The largest absolute Gasteiger partial charge is 0.383 e. The zero-order valence-electron chi connectivity index (χ0n) is 24.4. The van der Waals surface area contributed by atoms with Gasteiger partial charge < -0.3 is 16.1 Å². The number of pyridine rings is 1. The Labute approximate surface area is 246 Å². The fourth-order valence-electron chi connectivity index (χ4n) is 4.74. The first-order chi connectivity index (χ1) is 19.9. The standard InChI is InChI=1S/C30H35N9O2S/c1-30(2,3)18-34-28-21(15-32)16-33-27-20(14-31)11-22(13-25(27)28)35-29(26-17-39(37-36-26)23-9-10-23)19-7-6-8-24(12-19)38(4)42(5,40)41/h6-8,11-13,16-17,23,29,35-37H,9-10,18H2,1-5H3,(H,33,34)/t29-/m0/s1. The third-order valence-corrected chi connectivity index (χ3v) is 8.45. The van der Waals surface area contributed by atoms with E-state index in [0.29, 0.717) is 51.7 Å². The molecule has 42 heavy (non-hydrogen) atoms. The molecule has 0 unspecified atom stereocenters. The van der Waals surface area contributed by atoms with Crippen LogP contribution in [0.25, 0.3) is 10.9 Å². The number of nitrogens with one attached hydrogen (secondary N) is 4. The van der Waals surface area contributed by atoms with Gasteiger partial charge in [0.2, 0.25) is 10.0 Å². The first-order valence-electron chi connectivity index (χ1n) is 13.7. The number of nitriles is 2. The topological polar surface area (TPSA) is 149 Å². The number of sulfonamides is 1. The minimum absolute atomic E-state index is 0.0491. The molecule has 218 valence electrons. The third kappa shape index (κ3) is 6.20. The van der Waals surface area contributed by atoms with Gasteiger partial charge >= 0.3 is 0 Å². The van der Waals surface area contributed by atoms with Gasteiger partial charge in [-0.2, -0.15) is 10.5 Å². The molecule has 0 saturated heterocycles. The van der Waals surface area contributed by atoms with E-state index in [-0.39, 0.29) is 5.41 Å². The lowest BCUT2D eigenvalue weighted by Gasteiger charge is -2.25. The summed E-state index contributed by atoms with van der Waals surface area (Å²) in [5.41, 5.74) is 11.1. The number of benzene rings is 2. The van der Waals surface area contributed by atoms with Crippen molar-refractivity contribution in [3.05, 3.63) is 71.2 Å². The number of hydrogen-bond acceptors (Lipinski definition) is 10. The molecule has 0 amide bonds. The highest BCUT2D eigenvalue weighted by Gasteiger charge is 2.32. The number of rotatable bonds is 9. The van der Waals surface area contributed by atoms with Crippen molar-refractivity contribution < 1.29 is 8.42 Å². The van der Waals surface area contributed by atoms with Crippen LogP contribution < -0.4 is 25.9 Å². The molecule has 0 bridgehead atoms. The SMILES string of the molecule is CN(c1cccc([C@H](Nc2cc(C#N)c3ncc(C#N)c(NCC(C)(C)C)c3c2)C2=CN(C3CC3)NN2)c1)S(C)(=O)=O. The van der Waals surface area contributed by atoms with E-state index in [1.807, 2.05) is 35.5 Å². The molecule has 2 heterocycles. The van der Waals surface area contributed by atoms with Gasteiger partial charge in [0.05, 0.1) is 46.0 Å². The molecule has 4 N–H and O–H groups in total. The summed E-state index contributed by atoms with van der Waals surface area (Å²) in [6.07, 6.45) is 6.88. The van der Waals surface area contributed by atoms with E-state index in [1.54, 1.807) is 12.1 Å². The van der Waals surface area contributed by atoms with Crippen LogP contribution in [-0.4, -0.2) is 44.3 Å². The fraction of sp³-hybridized carbons (Fsp3) is 0.367. The lowest BCUT2D eigenvalue weighted by Crippen LogP contribution is -2.38. The van der Waals surface area contributed by atoms with Crippen LogP contribution in [0.3, 0.4) is 0 Å². The molecule has 1 saturated carbocycles. The van der Waals surface area contributed by atoms with E-state index in [1.165, 1.54) is 23.8 Å². The normalized spacial score (nSPS) is 15.8. The minimum Gasteiger partial charge on any atom is -0.383 e. The van der Waals surface area contributed by atoms with Crippen LogP contribution in [0.5, 0.6) is 0 Å². The van der Waals surface area contributed by atoms with Crippen molar-refractivity contribution >= 4 is 38.0 Å². The maximum Gasteiger partial charge on any atom is 0.231 e. The molecule has 2 aromatic carbocycles. The van der Waals surface area contributed by atoms with Crippen LogP contribution in [0, 0.1) is 28.1 Å². The van der Waals surface area contributed by atoms with Crippen molar-refractivity contribution in [2.45, 2.75) is 45.7 Å². The fourth-order valence-corrected chi connectivity index (χ4v) is 5.24. The first kappa shape index (κ1) is 29.0. The van der Waals surface area contributed by atoms with Gasteiger partial charge in [0.25, 0.3) is 0 Å². The third-order valence-electron chi connectivity index (χ3n) is 7.24. The van der Waals surface area contributed by atoms with Gasteiger partial charge in [-0.3, -0.25) is 14.3 Å². The Morgan fingerprint density at radius 1 is 1.17 bits per heavy atom. The summed E-state index contributed by atoms with van der Waals surface area (Å²) in [6.45, 7) is 6.92. The molecule has 1 aliphatic heterocycles. The van der Waals surface area contributed by atoms with Crippen LogP contribution in [0.2, 0.25) is 0 Å². The van der Waals surface area contributed by atoms with Crippen molar-refractivity contribution in [1.82, 2.24) is 21.0 Å². The summed E-state index contributed by atoms with van der Waals surface area (Å²) in [7, 11) is -1.94. The van der Waals surface area contributed by atoms with Crippen LogP contribution in [0.4, 0.5) is 17.1 Å². The second-order valence-electron chi connectivity index (χ2n) is 12.0. The van der Waals surface area contributed by atoms with Crippen LogP contribution in [0.15, 0.2) is 54.5 Å². The zero-order chi connectivity index (χ0) is 30.2. The van der Waals surface area contributed by atoms with Crippen molar-refractivity contribution in [2.75, 3.05) is 34.8 Å². The van der Waals surface area contributed by atoms with E-state index >= 15 is 0 Å². The molecule has 12 heteroatoms. The Balaban J connectivity index is 1.61. The summed E-state index contributed by atoms with van der Waals surface area (Å²) < 4.78 is 25.8. The number of hydrogen-bond donors (Lipinski definition) is 4. The first-order valence-corrected chi connectivity index (χ1v) is 15.6. The quantitative estimate of drug-likeness (QED) is 0.286. The summed E-state index contributed by atoms with van der Waals surface area (Å²) in [6, 6.07) is 15.4. The van der Waals surface area contributed by atoms with Crippen LogP contribution in [0.1, 0.15) is 56.3 Å². The molecule has 1 aliphatic carbocycles. The predicted molar refractivity (Wildman–Crippen MR) is 164 cm³/mol. The highest BCUT2D eigenvalue weighted by Crippen LogP contribution is 2.36. The maximum atomic E-state index is 12.3. The van der Waals surface area contributed by atoms with E-state index in [9.17, 15) is 18.9 Å². The van der Waals surface area contributed by atoms with E-state index in [2.05, 4.69) is 59.5 Å². The van der Waals surface area contributed by atoms with Gasteiger partial charge in [-0.05, 0) is 48.1 Å². The average molecular weight is 586 g/mol. The highest BCUT2D eigenvalue weighted by atomic mass is 32.2. The van der Waals surface area contributed by atoms with Gasteiger partial charge in [0.15, 0.2) is 0 Å². The number of anilines is 3. The second-order valence-corrected chi connectivity index (χ2v) is 14.0. The summed E-state index contributed by atoms with van der Waals surface area (Å²) in [5.74, 6) is 0. The lowest BCUT2D eigenvalue weighted by atomic mass is 9.96. The number of nitrogens with zero attached hydrogens (tertiary/aromatic N) is 5. The molecule has 0 radical (unpaired) electrons. The summed E-state index contributed by atoms with van der Waals surface area (Å²) in [4.78, 5) is 4.46. The van der Waals surface area contributed by atoms with Crippen molar-refractivity contribution in [1.29, 1.82) is 10.5 Å². The van der Waals surface area contributed by atoms with Gasteiger partial charge in [-0.25, -0.2) is 8.42 Å². The average Bonchev–Trinajstić information content (AvgIpc) is 3.69. The molecule has 11 nitrogen and oxygen atoms in total. The van der Waals surface area contributed by atoms with Crippen molar-refractivity contribution in [3.8, 4) is 12.1 Å². The molecule has 0 spiro atoms. The Hall–Kier alpha value is -4.52. The molecular formula is C30H35N9O2S. The molecule has 5 rings (SSSR count). The second kappa shape index (κ2) is 11.0. The molecule has 3 aromatic rings. The number of aromatic nitrogens is 1. The Morgan fingerprint density at radius 3 is 2.55 bits per heavy atom. The van der Waals surface area contributed by atoms with E-state index in [0.717, 1.165) is 24.1 Å². The number of fused-ring (bicyclic) bond motifs is 1. The molecule has 2 aliphatic rings. The molecule has 1 aromatic heterocycles. The Morgan fingerprint density at radius 2 is 1.90 bits per heavy atom. The smallest absolute Gasteiger partial charge is 0.231 e.